The van der Waals surface area contributed by atoms with E-state index < -0.39 is 0 Å². The van der Waals surface area contributed by atoms with E-state index in [4.69, 9.17) is 11.6 Å². The van der Waals surface area contributed by atoms with Crippen molar-refractivity contribution in [1.82, 2.24) is 5.32 Å². The summed E-state index contributed by atoms with van der Waals surface area (Å²) in [6.07, 6.45) is 1.22. The quantitative estimate of drug-likeness (QED) is 0.648. The number of carbonyl (C=O) groups is 1. The Labute approximate surface area is 158 Å². The Hall–Kier alpha value is -1.52. The molecule has 0 bridgehead atoms. The molecule has 25 heavy (non-hydrogen) atoms. The van der Waals surface area contributed by atoms with Gasteiger partial charge in [-0.15, -0.1) is 0 Å². The standard InChI is InChI=1S/C20H23ClFNOS/c1-14-6-7-16(12-15(14)2)8-9-20(24)23-10-11-25-13-17-18(21)4-3-5-19(17)22/h3-7,12H,8-11,13H2,1-2H3,(H,23,24). The average molecular weight is 380 g/mol. The van der Waals surface area contributed by atoms with Gasteiger partial charge in [0.2, 0.25) is 5.91 Å². The highest BCUT2D eigenvalue weighted by Gasteiger charge is 2.07. The second kappa shape index (κ2) is 9.83. The van der Waals surface area contributed by atoms with Crippen LogP contribution in [0.25, 0.3) is 0 Å². The third kappa shape index (κ3) is 6.37. The summed E-state index contributed by atoms with van der Waals surface area (Å²) in [5, 5.41) is 3.36. The zero-order valence-corrected chi connectivity index (χ0v) is 16.1. The summed E-state index contributed by atoms with van der Waals surface area (Å²) in [6, 6.07) is 11.0. The summed E-state index contributed by atoms with van der Waals surface area (Å²) in [6.45, 7) is 4.73. The maximum absolute atomic E-state index is 13.6. The van der Waals surface area contributed by atoms with Gasteiger partial charge in [0, 0.05) is 35.1 Å². The van der Waals surface area contributed by atoms with Crippen LogP contribution in [0.2, 0.25) is 5.02 Å². The first kappa shape index (κ1) is 19.8. The molecule has 0 atom stereocenters. The molecule has 2 aromatic carbocycles. The van der Waals surface area contributed by atoms with Gasteiger partial charge in [0.05, 0.1) is 0 Å². The fourth-order valence-corrected chi connectivity index (χ4v) is 3.61. The monoisotopic (exact) mass is 379 g/mol. The van der Waals surface area contributed by atoms with Crippen molar-refractivity contribution in [2.75, 3.05) is 12.3 Å². The first-order chi connectivity index (χ1) is 12.0. The number of hydrogen-bond donors (Lipinski definition) is 1. The van der Waals surface area contributed by atoms with Crippen molar-refractivity contribution in [2.45, 2.75) is 32.4 Å². The van der Waals surface area contributed by atoms with Crippen LogP contribution in [0.5, 0.6) is 0 Å². The van der Waals surface area contributed by atoms with E-state index >= 15 is 0 Å². The zero-order valence-electron chi connectivity index (χ0n) is 14.6. The molecular formula is C20H23ClFNOS. The minimum absolute atomic E-state index is 0.0442. The highest BCUT2D eigenvalue weighted by atomic mass is 35.5. The number of benzene rings is 2. The summed E-state index contributed by atoms with van der Waals surface area (Å²) in [4.78, 5) is 11.9. The first-order valence-electron chi connectivity index (χ1n) is 8.31. The van der Waals surface area contributed by atoms with Crippen LogP contribution >= 0.6 is 23.4 Å². The van der Waals surface area contributed by atoms with E-state index in [0.717, 1.165) is 12.2 Å². The molecule has 0 unspecified atom stereocenters. The van der Waals surface area contributed by atoms with Gasteiger partial charge in [-0.1, -0.05) is 35.9 Å². The summed E-state index contributed by atoms with van der Waals surface area (Å²) in [7, 11) is 0. The molecule has 0 fully saturated rings. The molecule has 2 aromatic rings. The Morgan fingerprint density at radius 2 is 2.00 bits per heavy atom. The van der Waals surface area contributed by atoms with Crippen molar-refractivity contribution < 1.29 is 9.18 Å². The maximum atomic E-state index is 13.6. The molecule has 0 saturated heterocycles. The third-order valence-corrected chi connectivity index (χ3v) is 5.43. The van der Waals surface area contributed by atoms with Crippen molar-refractivity contribution in [2.24, 2.45) is 0 Å². The molecule has 0 radical (unpaired) electrons. The van der Waals surface area contributed by atoms with E-state index in [1.807, 2.05) is 0 Å². The molecule has 0 spiro atoms. The molecule has 0 aliphatic carbocycles. The Morgan fingerprint density at radius 1 is 1.20 bits per heavy atom. The van der Waals surface area contributed by atoms with E-state index in [2.05, 4.69) is 37.4 Å². The normalized spacial score (nSPS) is 10.7. The van der Waals surface area contributed by atoms with Crippen molar-refractivity contribution in [3.63, 3.8) is 0 Å². The molecule has 0 aliphatic heterocycles. The SMILES string of the molecule is Cc1ccc(CCC(=O)NCCSCc2c(F)cccc2Cl)cc1C. The van der Waals surface area contributed by atoms with Crippen LogP contribution in [0.3, 0.4) is 0 Å². The fraction of sp³-hybridized carbons (Fsp3) is 0.350. The topological polar surface area (TPSA) is 29.1 Å². The lowest BCUT2D eigenvalue weighted by atomic mass is 10.0. The van der Waals surface area contributed by atoms with Gasteiger partial charge in [0.15, 0.2) is 0 Å². The Balaban J connectivity index is 1.64. The molecule has 2 rings (SSSR count). The van der Waals surface area contributed by atoms with Crippen molar-refractivity contribution in [1.29, 1.82) is 0 Å². The predicted octanol–water partition coefficient (Wildman–Crippen LogP) is 5.08. The number of amides is 1. The lowest BCUT2D eigenvalue weighted by molar-refractivity contribution is -0.120. The molecule has 134 valence electrons. The van der Waals surface area contributed by atoms with Crippen molar-refractivity contribution in [3.8, 4) is 0 Å². The highest BCUT2D eigenvalue weighted by Crippen LogP contribution is 2.23. The highest BCUT2D eigenvalue weighted by molar-refractivity contribution is 7.98. The van der Waals surface area contributed by atoms with Gasteiger partial charge in [0.25, 0.3) is 0 Å². The van der Waals surface area contributed by atoms with Crippen molar-refractivity contribution >= 4 is 29.3 Å². The van der Waals surface area contributed by atoms with Gasteiger partial charge in [0.1, 0.15) is 5.82 Å². The molecule has 0 aromatic heterocycles. The number of thioether (sulfide) groups is 1. The third-order valence-electron chi connectivity index (χ3n) is 4.09. The lowest BCUT2D eigenvalue weighted by Gasteiger charge is -2.08. The average Bonchev–Trinajstić information content (AvgIpc) is 2.58. The summed E-state index contributed by atoms with van der Waals surface area (Å²) >= 11 is 7.55. The maximum Gasteiger partial charge on any atom is 0.220 e. The Bertz CT molecular complexity index is 715. The van der Waals surface area contributed by atoms with Gasteiger partial charge in [-0.05, 0) is 49.1 Å². The van der Waals surface area contributed by atoms with Crippen LogP contribution in [0, 0.1) is 19.7 Å². The number of nitrogens with one attached hydrogen (secondary N) is 1. The lowest BCUT2D eigenvalue weighted by Crippen LogP contribution is -2.25. The van der Waals surface area contributed by atoms with Crippen LogP contribution < -0.4 is 5.32 Å². The molecule has 0 saturated carbocycles. The molecular weight excluding hydrogens is 357 g/mol. The minimum Gasteiger partial charge on any atom is -0.355 e. The van der Waals surface area contributed by atoms with Crippen molar-refractivity contribution in [3.05, 3.63) is 69.5 Å². The largest absolute Gasteiger partial charge is 0.355 e. The van der Waals surface area contributed by atoms with Gasteiger partial charge in [-0.2, -0.15) is 11.8 Å². The van der Waals surface area contributed by atoms with Crippen LogP contribution in [-0.4, -0.2) is 18.2 Å². The minimum atomic E-state index is -0.280. The molecule has 1 amide bonds. The number of hydrogen-bond acceptors (Lipinski definition) is 2. The smallest absolute Gasteiger partial charge is 0.220 e. The van der Waals surface area contributed by atoms with Crippen LogP contribution in [0.15, 0.2) is 36.4 Å². The second-order valence-corrected chi connectivity index (χ2v) is 7.53. The van der Waals surface area contributed by atoms with Crippen LogP contribution in [0.4, 0.5) is 4.39 Å². The number of carbonyl (C=O) groups excluding carboxylic acids is 1. The molecule has 2 nitrogen and oxygen atoms in total. The molecule has 0 aliphatic rings. The van der Waals surface area contributed by atoms with Gasteiger partial charge in [-0.25, -0.2) is 4.39 Å². The van der Waals surface area contributed by atoms with E-state index in [0.29, 0.717) is 29.3 Å². The number of halogens is 2. The summed E-state index contributed by atoms with van der Waals surface area (Å²) in [5.74, 6) is 0.990. The van der Waals surface area contributed by atoms with Crippen LogP contribution in [0.1, 0.15) is 28.7 Å². The first-order valence-corrected chi connectivity index (χ1v) is 9.84. The zero-order chi connectivity index (χ0) is 18.2. The van der Waals surface area contributed by atoms with Gasteiger partial charge >= 0.3 is 0 Å². The summed E-state index contributed by atoms with van der Waals surface area (Å²) < 4.78 is 13.6. The second-order valence-electron chi connectivity index (χ2n) is 6.02. The predicted molar refractivity (Wildman–Crippen MR) is 105 cm³/mol. The van der Waals surface area contributed by atoms with E-state index in [1.165, 1.54) is 22.8 Å². The van der Waals surface area contributed by atoms with Crippen LogP contribution in [-0.2, 0) is 17.0 Å². The fourth-order valence-electron chi connectivity index (χ4n) is 2.41. The molecule has 5 heteroatoms. The molecule has 1 N–H and O–H groups in total. The Morgan fingerprint density at radius 3 is 2.72 bits per heavy atom. The Kier molecular flexibility index (Phi) is 7.79. The molecule has 0 heterocycles. The van der Waals surface area contributed by atoms with Gasteiger partial charge < -0.3 is 5.32 Å². The number of rotatable bonds is 8. The van der Waals surface area contributed by atoms with E-state index in [9.17, 15) is 9.18 Å². The van der Waals surface area contributed by atoms with Gasteiger partial charge in [-0.3, -0.25) is 4.79 Å². The van der Waals surface area contributed by atoms with E-state index in [-0.39, 0.29) is 11.7 Å². The summed E-state index contributed by atoms with van der Waals surface area (Å²) in [5.41, 5.74) is 4.22. The number of aryl methyl sites for hydroxylation is 3. The van der Waals surface area contributed by atoms with E-state index in [1.54, 1.807) is 23.9 Å².